The first-order valence-corrected chi connectivity index (χ1v) is 7.91. The molecule has 0 saturated carbocycles. The molecule has 5 nitrogen and oxygen atoms in total. The van der Waals surface area contributed by atoms with Gasteiger partial charge in [-0.25, -0.2) is 12.8 Å². The van der Waals surface area contributed by atoms with Gasteiger partial charge in [0.25, 0.3) is 0 Å². The zero-order valence-corrected chi connectivity index (χ0v) is 12.4. The molecule has 1 unspecified atom stereocenters. The number of nitrogens with zero attached hydrogens (tertiary/aromatic N) is 1. The first-order valence-electron chi connectivity index (χ1n) is 6.47. The Morgan fingerprint density at radius 2 is 2.25 bits per heavy atom. The maximum atomic E-state index is 13.3. The van der Waals surface area contributed by atoms with E-state index in [0.29, 0.717) is 25.3 Å². The summed E-state index contributed by atoms with van der Waals surface area (Å²) in [5.74, 6) is -0.547. The maximum Gasteiger partial charge on any atom is 0.243 e. The number of aryl methyl sites for hydroxylation is 1. The fraction of sp³-hybridized carbons (Fsp3) is 0.538. The molecule has 0 amide bonds. The standard InChI is InChI=1S/C13H19FN2O3S/c1-10-3-4-11(14)7-13(10)20(17,18)16-5-6-19-12(9-16)8-15-2/h3-4,7,12,15H,5-6,8-9H2,1-2H3. The number of rotatable bonds is 4. The number of sulfonamides is 1. The molecule has 0 aromatic heterocycles. The van der Waals surface area contributed by atoms with Gasteiger partial charge in [-0.15, -0.1) is 0 Å². The Hall–Kier alpha value is -1.02. The Labute approximate surface area is 118 Å². The van der Waals surface area contributed by atoms with Crippen molar-refractivity contribution in [3.05, 3.63) is 29.6 Å². The van der Waals surface area contributed by atoms with E-state index in [4.69, 9.17) is 4.74 Å². The van der Waals surface area contributed by atoms with Crippen LogP contribution in [0.25, 0.3) is 0 Å². The Morgan fingerprint density at radius 3 is 2.95 bits per heavy atom. The number of likely N-dealkylation sites (N-methyl/N-ethyl adjacent to an activating group) is 1. The molecule has 1 heterocycles. The summed E-state index contributed by atoms with van der Waals surface area (Å²) in [6.45, 7) is 3.16. The van der Waals surface area contributed by atoms with Gasteiger partial charge in [-0.2, -0.15) is 4.31 Å². The van der Waals surface area contributed by atoms with Crippen LogP contribution >= 0.6 is 0 Å². The molecule has 1 fully saturated rings. The second kappa shape index (κ2) is 6.17. The van der Waals surface area contributed by atoms with Gasteiger partial charge in [0.2, 0.25) is 10.0 Å². The minimum Gasteiger partial charge on any atom is -0.374 e. The fourth-order valence-corrected chi connectivity index (χ4v) is 3.94. The predicted molar refractivity (Wildman–Crippen MR) is 73.6 cm³/mol. The van der Waals surface area contributed by atoms with Crippen LogP contribution in [0.5, 0.6) is 0 Å². The Morgan fingerprint density at radius 1 is 1.50 bits per heavy atom. The van der Waals surface area contributed by atoms with Crippen molar-refractivity contribution in [3.8, 4) is 0 Å². The number of ether oxygens (including phenoxy) is 1. The third-order valence-corrected chi connectivity index (χ3v) is 5.31. The zero-order valence-electron chi connectivity index (χ0n) is 11.6. The SMILES string of the molecule is CNCC1CN(S(=O)(=O)c2cc(F)ccc2C)CCO1. The lowest BCUT2D eigenvalue weighted by molar-refractivity contribution is 0.000810. The molecule has 1 aromatic rings. The van der Waals surface area contributed by atoms with Crippen molar-refractivity contribution in [2.75, 3.05) is 33.3 Å². The number of hydrogen-bond acceptors (Lipinski definition) is 4. The number of hydrogen-bond donors (Lipinski definition) is 1. The van der Waals surface area contributed by atoms with Crippen molar-refractivity contribution in [2.45, 2.75) is 17.9 Å². The third kappa shape index (κ3) is 3.17. The summed E-state index contributed by atoms with van der Waals surface area (Å²) in [4.78, 5) is 0.0302. The monoisotopic (exact) mass is 302 g/mol. The van der Waals surface area contributed by atoms with Crippen molar-refractivity contribution >= 4 is 10.0 Å². The van der Waals surface area contributed by atoms with E-state index in [1.54, 1.807) is 14.0 Å². The lowest BCUT2D eigenvalue weighted by Crippen LogP contribution is -2.48. The average molecular weight is 302 g/mol. The third-order valence-electron chi connectivity index (χ3n) is 3.30. The molecular formula is C13H19FN2O3S. The first kappa shape index (κ1) is 15.4. The van der Waals surface area contributed by atoms with Crippen molar-refractivity contribution in [1.82, 2.24) is 9.62 Å². The lowest BCUT2D eigenvalue weighted by atomic mass is 10.2. The van der Waals surface area contributed by atoms with Gasteiger partial charge in [0.15, 0.2) is 0 Å². The van der Waals surface area contributed by atoms with Crippen LogP contribution in [0.2, 0.25) is 0 Å². The van der Waals surface area contributed by atoms with Crippen molar-refractivity contribution in [1.29, 1.82) is 0 Å². The summed E-state index contributed by atoms with van der Waals surface area (Å²) in [6, 6.07) is 3.82. The van der Waals surface area contributed by atoms with E-state index in [1.165, 1.54) is 16.4 Å². The Bertz CT molecular complexity index is 575. The number of morpholine rings is 1. The van der Waals surface area contributed by atoms with Crippen LogP contribution in [-0.4, -0.2) is 52.1 Å². The van der Waals surface area contributed by atoms with Gasteiger partial charge < -0.3 is 10.1 Å². The van der Waals surface area contributed by atoms with Gasteiger partial charge in [-0.05, 0) is 31.7 Å². The highest BCUT2D eigenvalue weighted by Gasteiger charge is 2.31. The quantitative estimate of drug-likeness (QED) is 0.891. The molecule has 0 radical (unpaired) electrons. The molecule has 0 aliphatic carbocycles. The highest BCUT2D eigenvalue weighted by atomic mass is 32.2. The second-order valence-electron chi connectivity index (χ2n) is 4.82. The number of halogens is 1. The van der Waals surface area contributed by atoms with Crippen LogP contribution in [0.15, 0.2) is 23.1 Å². The molecule has 0 spiro atoms. The highest BCUT2D eigenvalue weighted by molar-refractivity contribution is 7.89. The van der Waals surface area contributed by atoms with E-state index < -0.39 is 15.8 Å². The van der Waals surface area contributed by atoms with E-state index in [-0.39, 0.29) is 17.5 Å². The van der Waals surface area contributed by atoms with Crippen LogP contribution in [0.4, 0.5) is 4.39 Å². The summed E-state index contributed by atoms with van der Waals surface area (Å²) < 4.78 is 45.4. The molecule has 7 heteroatoms. The molecule has 0 bridgehead atoms. The average Bonchev–Trinajstić information content (AvgIpc) is 2.42. The first-order chi connectivity index (χ1) is 9.45. The van der Waals surface area contributed by atoms with E-state index in [0.717, 1.165) is 6.07 Å². The van der Waals surface area contributed by atoms with Gasteiger partial charge in [-0.1, -0.05) is 6.07 Å². The molecule has 2 rings (SSSR count). The molecule has 112 valence electrons. The van der Waals surface area contributed by atoms with E-state index >= 15 is 0 Å². The smallest absolute Gasteiger partial charge is 0.243 e. The summed E-state index contributed by atoms with van der Waals surface area (Å²) in [5, 5.41) is 2.96. The molecule has 1 aromatic carbocycles. The summed E-state index contributed by atoms with van der Waals surface area (Å²) in [6.07, 6.45) is -0.183. The van der Waals surface area contributed by atoms with Crippen LogP contribution in [0, 0.1) is 12.7 Å². The second-order valence-corrected chi connectivity index (χ2v) is 6.73. The molecule has 1 aliphatic rings. The summed E-state index contributed by atoms with van der Waals surface area (Å²) in [5.41, 5.74) is 0.544. The molecule has 1 aliphatic heterocycles. The van der Waals surface area contributed by atoms with Crippen LogP contribution in [0.3, 0.4) is 0 Å². The van der Waals surface area contributed by atoms with Crippen molar-refractivity contribution in [3.63, 3.8) is 0 Å². The summed E-state index contributed by atoms with van der Waals surface area (Å²) >= 11 is 0. The van der Waals surface area contributed by atoms with Crippen molar-refractivity contribution in [2.24, 2.45) is 0 Å². The van der Waals surface area contributed by atoms with Gasteiger partial charge in [0.1, 0.15) is 5.82 Å². The Balaban J connectivity index is 2.27. The normalized spacial score (nSPS) is 21.1. The number of benzene rings is 1. The molecular weight excluding hydrogens is 283 g/mol. The predicted octanol–water partition coefficient (Wildman–Crippen LogP) is 0.743. The Kier molecular flexibility index (Phi) is 4.74. The van der Waals surface area contributed by atoms with Crippen LogP contribution in [0.1, 0.15) is 5.56 Å². The van der Waals surface area contributed by atoms with Crippen molar-refractivity contribution < 1.29 is 17.5 Å². The molecule has 1 atom stereocenters. The topological polar surface area (TPSA) is 58.6 Å². The van der Waals surface area contributed by atoms with Gasteiger partial charge >= 0.3 is 0 Å². The largest absolute Gasteiger partial charge is 0.374 e. The molecule has 1 N–H and O–H groups in total. The number of nitrogens with one attached hydrogen (secondary N) is 1. The minimum atomic E-state index is -3.68. The minimum absolute atomic E-state index is 0.0302. The zero-order chi connectivity index (χ0) is 14.8. The summed E-state index contributed by atoms with van der Waals surface area (Å²) in [7, 11) is -1.90. The maximum absolute atomic E-state index is 13.3. The van der Waals surface area contributed by atoms with E-state index in [9.17, 15) is 12.8 Å². The van der Waals surface area contributed by atoms with Gasteiger partial charge in [-0.3, -0.25) is 0 Å². The van der Waals surface area contributed by atoms with Crippen LogP contribution < -0.4 is 5.32 Å². The van der Waals surface area contributed by atoms with Gasteiger partial charge in [0.05, 0.1) is 17.6 Å². The lowest BCUT2D eigenvalue weighted by Gasteiger charge is -2.32. The van der Waals surface area contributed by atoms with Crippen LogP contribution in [-0.2, 0) is 14.8 Å². The molecule has 20 heavy (non-hydrogen) atoms. The molecule has 1 saturated heterocycles. The van der Waals surface area contributed by atoms with Gasteiger partial charge in [0, 0.05) is 19.6 Å². The highest BCUT2D eigenvalue weighted by Crippen LogP contribution is 2.22. The fourth-order valence-electron chi connectivity index (χ4n) is 2.25. The van der Waals surface area contributed by atoms with E-state index in [1.807, 2.05) is 0 Å². The van der Waals surface area contributed by atoms with E-state index in [2.05, 4.69) is 5.32 Å².